The molecule has 3 nitrogen and oxygen atoms in total. The third-order valence-electron chi connectivity index (χ3n) is 4.76. The maximum atomic E-state index is 11.6. The van der Waals surface area contributed by atoms with Crippen LogP contribution in [0.1, 0.15) is 39.0 Å². The first kappa shape index (κ1) is 11.3. The van der Waals surface area contributed by atoms with Crippen LogP contribution >= 0.6 is 0 Å². The van der Waals surface area contributed by atoms with Crippen LogP contribution in [0.25, 0.3) is 0 Å². The van der Waals surface area contributed by atoms with Crippen molar-refractivity contribution in [1.29, 1.82) is 0 Å². The van der Waals surface area contributed by atoms with E-state index in [1.54, 1.807) is 6.92 Å². The first-order valence-electron chi connectivity index (χ1n) is 6.57. The lowest BCUT2D eigenvalue weighted by molar-refractivity contribution is -0.220. The minimum absolute atomic E-state index is 0.292. The van der Waals surface area contributed by atoms with E-state index in [0.717, 1.165) is 25.7 Å². The number of hydrogen-bond donors (Lipinski definition) is 1. The van der Waals surface area contributed by atoms with Gasteiger partial charge in [-0.3, -0.25) is 0 Å². The zero-order chi connectivity index (χ0) is 12.2. The molecule has 1 N–H and O–H groups in total. The monoisotopic (exact) mass is 236 g/mol. The van der Waals surface area contributed by atoms with Crippen molar-refractivity contribution in [3.8, 4) is 0 Å². The molecule has 0 saturated heterocycles. The van der Waals surface area contributed by atoms with E-state index in [-0.39, 0.29) is 12.1 Å². The highest BCUT2D eigenvalue weighted by atomic mass is 16.6. The summed E-state index contributed by atoms with van der Waals surface area (Å²) in [6.07, 6.45) is 4.83. The van der Waals surface area contributed by atoms with Crippen molar-refractivity contribution in [2.24, 2.45) is 17.8 Å². The fraction of sp³-hybridized carbons (Fsp3) is 0.786. The second-order valence-corrected chi connectivity index (χ2v) is 6.32. The molecule has 5 atom stereocenters. The van der Waals surface area contributed by atoms with Crippen molar-refractivity contribution in [3.05, 3.63) is 12.2 Å². The number of hydrogen-bond acceptors (Lipinski definition) is 3. The van der Waals surface area contributed by atoms with Gasteiger partial charge in [-0.15, -0.1) is 0 Å². The standard InChI is InChI=1S/C14H20O3/c1-8(2)13(15)17-12-11-4-9-3-10(5-11)7-14(12,16)6-9/h9-12,16H,1,3-7H2,2H3/t9-,10+,11?,12?,14?. The van der Waals surface area contributed by atoms with E-state index in [1.807, 2.05) is 0 Å². The van der Waals surface area contributed by atoms with Gasteiger partial charge in [-0.2, -0.15) is 0 Å². The highest BCUT2D eigenvalue weighted by Gasteiger charge is 2.58. The minimum atomic E-state index is -0.750. The normalized spacial score (nSPS) is 46.9. The summed E-state index contributed by atoms with van der Waals surface area (Å²) in [5, 5.41) is 10.7. The molecule has 0 radical (unpaired) electrons. The van der Waals surface area contributed by atoms with Gasteiger partial charge in [0.1, 0.15) is 11.7 Å². The second-order valence-electron chi connectivity index (χ2n) is 6.32. The Labute approximate surface area is 102 Å². The highest BCUT2D eigenvalue weighted by Crippen LogP contribution is 2.56. The van der Waals surface area contributed by atoms with Gasteiger partial charge >= 0.3 is 5.97 Å². The van der Waals surface area contributed by atoms with E-state index < -0.39 is 5.60 Å². The molecule has 4 aliphatic carbocycles. The highest BCUT2D eigenvalue weighted by molar-refractivity contribution is 5.87. The lowest BCUT2D eigenvalue weighted by Gasteiger charge is -2.57. The summed E-state index contributed by atoms with van der Waals surface area (Å²) in [4.78, 5) is 11.6. The quantitative estimate of drug-likeness (QED) is 0.589. The summed E-state index contributed by atoms with van der Waals surface area (Å²) in [7, 11) is 0. The smallest absolute Gasteiger partial charge is 0.333 e. The van der Waals surface area contributed by atoms with Gasteiger partial charge in [0.15, 0.2) is 0 Å². The van der Waals surface area contributed by atoms with E-state index in [0.29, 0.717) is 23.3 Å². The molecule has 0 heterocycles. The lowest BCUT2D eigenvalue weighted by Crippen LogP contribution is -2.61. The van der Waals surface area contributed by atoms with Gasteiger partial charge in [-0.25, -0.2) is 4.79 Å². The Hall–Kier alpha value is -0.830. The molecule has 0 amide bonds. The van der Waals surface area contributed by atoms with Gasteiger partial charge in [0, 0.05) is 5.57 Å². The molecule has 0 aromatic carbocycles. The minimum Gasteiger partial charge on any atom is -0.456 e. The number of aliphatic hydroxyl groups is 1. The summed E-state index contributed by atoms with van der Waals surface area (Å²) in [6, 6.07) is 0. The van der Waals surface area contributed by atoms with Crippen LogP contribution in [-0.4, -0.2) is 22.8 Å². The Morgan fingerprint density at radius 1 is 1.29 bits per heavy atom. The molecule has 4 bridgehead atoms. The molecule has 3 unspecified atom stereocenters. The molecule has 17 heavy (non-hydrogen) atoms. The van der Waals surface area contributed by atoms with Crippen LogP contribution in [0.3, 0.4) is 0 Å². The van der Waals surface area contributed by atoms with Crippen molar-refractivity contribution in [1.82, 2.24) is 0 Å². The van der Waals surface area contributed by atoms with Gasteiger partial charge in [-0.1, -0.05) is 6.58 Å². The summed E-state index contributed by atoms with van der Waals surface area (Å²) in [5.41, 5.74) is -0.331. The Morgan fingerprint density at radius 3 is 2.35 bits per heavy atom. The van der Waals surface area contributed by atoms with E-state index >= 15 is 0 Å². The molecule has 0 spiro atoms. The molecule has 4 saturated carbocycles. The lowest BCUT2D eigenvalue weighted by atomic mass is 9.53. The van der Waals surface area contributed by atoms with Crippen LogP contribution in [0.2, 0.25) is 0 Å². The third kappa shape index (κ3) is 1.71. The van der Waals surface area contributed by atoms with Crippen LogP contribution in [-0.2, 0) is 9.53 Å². The number of esters is 1. The predicted molar refractivity (Wildman–Crippen MR) is 63.2 cm³/mol. The molecule has 4 rings (SSSR count). The maximum Gasteiger partial charge on any atom is 0.333 e. The number of rotatable bonds is 2. The van der Waals surface area contributed by atoms with E-state index in [1.165, 1.54) is 6.42 Å². The number of ether oxygens (including phenoxy) is 1. The van der Waals surface area contributed by atoms with Gasteiger partial charge < -0.3 is 9.84 Å². The molecule has 94 valence electrons. The zero-order valence-corrected chi connectivity index (χ0v) is 10.3. The van der Waals surface area contributed by atoms with Crippen molar-refractivity contribution in [2.75, 3.05) is 0 Å². The van der Waals surface area contributed by atoms with Crippen molar-refractivity contribution in [3.63, 3.8) is 0 Å². The van der Waals surface area contributed by atoms with E-state index in [4.69, 9.17) is 4.74 Å². The van der Waals surface area contributed by atoms with Crippen LogP contribution in [0.5, 0.6) is 0 Å². The van der Waals surface area contributed by atoms with Crippen LogP contribution in [0.15, 0.2) is 12.2 Å². The summed E-state index contributed by atoms with van der Waals surface area (Å²) >= 11 is 0. The summed E-state index contributed by atoms with van der Waals surface area (Å²) in [5.74, 6) is 1.32. The zero-order valence-electron chi connectivity index (χ0n) is 10.3. The topological polar surface area (TPSA) is 46.5 Å². The van der Waals surface area contributed by atoms with Gasteiger partial charge in [-0.05, 0) is 56.8 Å². The molecule has 3 heteroatoms. The first-order chi connectivity index (χ1) is 7.98. The van der Waals surface area contributed by atoms with Gasteiger partial charge in [0.2, 0.25) is 0 Å². The van der Waals surface area contributed by atoms with Crippen molar-refractivity contribution < 1.29 is 14.6 Å². The molecule has 0 aromatic heterocycles. The van der Waals surface area contributed by atoms with Crippen LogP contribution in [0.4, 0.5) is 0 Å². The fourth-order valence-electron chi connectivity index (χ4n) is 4.37. The fourth-order valence-corrected chi connectivity index (χ4v) is 4.37. The molecule has 0 aromatic rings. The summed E-state index contributed by atoms with van der Waals surface area (Å²) < 4.78 is 5.50. The Bertz CT molecular complexity index is 360. The molecule has 4 aliphatic rings. The summed E-state index contributed by atoms with van der Waals surface area (Å²) in [6.45, 7) is 5.26. The third-order valence-corrected chi connectivity index (χ3v) is 4.76. The number of carbonyl (C=O) groups is 1. The van der Waals surface area contributed by atoms with Crippen molar-refractivity contribution >= 4 is 5.97 Å². The predicted octanol–water partition coefficient (Wildman–Crippen LogP) is 2.05. The molecule has 4 fully saturated rings. The maximum absolute atomic E-state index is 11.6. The van der Waals surface area contributed by atoms with E-state index in [2.05, 4.69) is 6.58 Å². The molecular formula is C14H20O3. The molecular weight excluding hydrogens is 216 g/mol. The van der Waals surface area contributed by atoms with Gasteiger partial charge in [0.25, 0.3) is 0 Å². The average molecular weight is 236 g/mol. The van der Waals surface area contributed by atoms with E-state index in [9.17, 15) is 9.90 Å². The van der Waals surface area contributed by atoms with Crippen LogP contribution < -0.4 is 0 Å². The average Bonchev–Trinajstić information content (AvgIpc) is 2.21. The largest absolute Gasteiger partial charge is 0.456 e. The molecule has 0 aliphatic heterocycles. The second kappa shape index (κ2) is 3.58. The Morgan fingerprint density at radius 2 is 1.88 bits per heavy atom. The number of carbonyl (C=O) groups excluding carboxylic acids is 1. The SMILES string of the molecule is C=C(C)C(=O)OC1C2C[C@@H]3C[C@H](C2)CC1(O)C3. The Kier molecular flexibility index (Phi) is 2.37. The van der Waals surface area contributed by atoms with Gasteiger partial charge in [0.05, 0.1) is 0 Å². The Balaban J connectivity index is 1.80. The van der Waals surface area contributed by atoms with Crippen LogP contribution in [0, 0.1) is 17.8 Å². The van der Waals surface area contributed by atoms with Crippen molar-refractivity contribution in [2.45, 2.75) is 50.7 Å². The first-order valence-corrected chi connectivity index (χ1v) is 6.57.